The molecular weight excluding hydrogens is 712 g/mol. The number of methoxy groups -OCH3 is 4. The SMILES string of the molecule is COc1cc(C=CC(=O)OC[C@@H]2O[C@H](O[C@@]3(CO)O[C@H](CO)[C@@H](O)[C@@H]3OC(=O)C=Cc3cc(OC)c(O)c(OC)c3)[C@H](O)[C@@H](O)[C@@H]2O)cc(OC)c1O. The molecule has 2 saturated heterocycles. The second-order valence-corrected chi connectivity index (χ2v) is 11.6. The Kier molecular flexibility index (Phi) is 13.9. The number of carbonyl (C=O) groups excluding carboxylic acids is 2. The van der Waals surface area contributed by atoms with Gasteiger partial charge in [-0.25, -0.2) is 9.59 Å². The van der Waals surface area contributed by atoms with E-state index < -0.39 is 86.6 Å². The largest absolute Gasteiger partial charge is 0.502 e. The first-order valence-corrected chi connectivity index (χ1v) is 15.8. The first kappa shape index (κ1) is 41.1. The minimum atomic E-state index is -2.51. The lowest BCUT2D eigenvalue weighted by Gasteiger charge is -2.43. The average molecular weight is 755 g/mol. The van der Waals surface area contributed by atoms with E-state index >= 15 is 0 Å². The van der Waals surface area contributed by atoms with Gasteiger partial charge < -0.3 is 83.5 Å². The van der Waals surface area contributed by atoms with Crippen molar-refractivity contribution in [1.29, 1.82) is 0 Å². The lowest BCUT2D eigenvalue weighted by molar-refractivity contribution is -0.383. The van der Waals surface area contributed by atoms with Crippen molar-refractivity contribution < 1.29 is 93.1 Å². The molecule has 0 aromatic heterocycles. The standard InChI is InChI=1S/C34H42O19/c1-45-18-9-16(10-19(46-2)26(18)39)5-7-24(37)49-14-23-28(41)30(43)31(44)33(50-23)53-34(15-36)32(29(42)22(13-35)52-34)51-25(38)8-6-17-11-20(47-3)27(40)21(12-17)48-4/h5-12,22-23,28-33,35-36,39-44H,13-15H2,1-4H3/t22-,23+,28-,29-,30+,31-,32+,33-,34-/m1/s1. The molecule has 2 fully saturated rings. The van der Waals surface area contributed by atoms with Crippen LogP contribution in [-0.4, -0.2) is 156 Å². The number of carbonyl (C=O) groups is 2. The van der Waals surface area contributed by atoms with Gasteiger partial charge in [0, 0.05) is 12.2 Å². The summed E-state index contributed by atoms with van der Waals surface area (Å²) < 4.78 is 47.8. The Bertz CT molecular complexity index is 1590. The summed E-state index contributed by atoms with van der Waals surface area (Å²) in [6.07, 6.45) is -9.97. The van der Waals surface area contributed by atoms with Gasteiger partial charge in [-0.2, -0.15) is 0 Å². The maximum atomic E-state index is 12.9. The Labute approximate surface area is 302 Å². The smallest absolute Gasteiger partial charge is 0.331 e. The zero-order valence-electron chi connectivity index (χ0n) is 28.9. The molecule has 0 unspecified atom stereocenters. The highest BCUT2D eigenvalue weighted by Gasteiger charge is 2.60. The second kappa shape index (κ2) is 17.9. The predicted octanol–water partition coefficient (Wildman–Crippen LogP) is -1.42. The summed E-state index contributed by atoms with van der Waals surface area (Å²) in [4.78, 5) is 25.5. The van der Waals surface area contributed by atoms with E-state index in [1.165, 1.54) is 64.9 Å². The third-order valence-corrected chi connectivity index (χ3v) is 8.32. The van der Waals surface area contributed by atoms with Crippen molar-refractivity contribution in [3.8, 4) is 34.5 Å². The molecule has 0 amide bonds. The zero-order valence-corrected chi connectivity index (χ0v) is 28.9. The van der Waals surface area contributed by atoms with Gasteiger partial charge in [0.05, 0.1) is 35.0 Å². The second-order valence-electron chi connectivity index (χ2n) is 11.6. The van der Waals surface area contributed by atoms with E-state index in [0.29, 0.717) is 11.1 Å². The summed E-state index contributed by atoms with van der Waals surface area (Å²) in [7, 11) is 5.26. The molecule has 19 nitrogen and oxygen atoms in total. The first-order chi connectivity index (χ1) is 25.3. The maximum absolute atomic E-state index is 12.9. The molecule has 0 spiro atoms. The van der Waals surface area contributed by atoms with Crippen LogP contribution < -0.4 is 18.9 Å². The van der Waals surface area contributed by atoms with E-state index in [1.807, 2.05) is 0 Å². The molecule has 0 aliphatic carbocycles. The van der Waals surface area contributed by atoms with Crippen molar-refractivity contribution in [3.05, 3.63) is 47.5 Å². The van der Waals surface area contributed by atoms with Crippen LogP contribution in [-0.2, 0) is 33.3 Å². The molecule has 2 aromatic carbocycles. The molecule has 2 heterocycles. The van der Waals surface area contributed by atoms with Gasteiger partial charge in [-0.15, -0.1) is 0 Å². The monoisotopic (exact) mass is 754 g/mol. The average Bonchev–Trinajstić information content (AvgIpc) is 3.42. The minimum Gasteiger partial charge on any atom is -0.502 e. The molecule has 8 N–H and O–H groups in total. The molecule has 0 saturated carbocycles. The van der Waals surface area contributed by atoms with Crippen molar-refractivity contribution in [2.45, 2.75) is 54.8 Å². The quantitative estimate of drug-likeness (QED) is 0.0765. The van der Waals surface area contributed by atoms with Crippen LogP contribution in [0.25, 0.3) is 12.2 Å². The molecule has 0 bridgehead atoms. The molecule has 4 rings (SSSR count). The van der Waals surface area contributed by atoms with Crippen LogP contribution in [0.2, 0.25) is 0 Å². The van der Waals surface area contributed by atoms with Gasteiger partial charge in [-0.3, -0.25) is 0 Å². The van der Waals surface area contributed by atoms with E-state index in [0.717, 1.165) is 12.2 Å². The van der Waals surface area contributed by atoms with Crippen LogP contribution >= 0.6 is 0 Å². The highest BCUT2D eigenvalue weighted by molar-refractivity contribution is 5.88. The number of esters is 2. The van der Waals surface area contributed by atoms with Crippen LogP contribution in [0.4, 0.5) is 0 Å². The van der Waals surface area contributed by atoms with Crippen molar-refractivity contribution in [2.75, 3.05) is 48.3 Å². The minimum absolute atomic E-state index is 0.0366. The van der Waals surface area contributed by atoms with Gasteiger partial charge in [-0.1, -0.05) is 0 Å². The van der Waals surface area contributed by atoms with Gasteiger partial charge in [0.2, 0.25) is 17.3 Å². The van der Waals surface area contributed by atoms with Gasteiger partial charge >= 0.3 is 11.9 Å². The number of aliphatic hydroxyl groups is 6. The van der Waals surface area contributed by atoms with Gasteiger partial charge in [-0.05, 0) is 47.5 Å². The number of phenols is 2. The van der Waals surface area contributed by atoms with Crippen LogP contribution in [0.3, 0.4) is 0 Å². The number of hydrogen-bond acceptors (Lipinski definition) is 19. The molecule has 292 valence electrons. The summed E-state index contributed by atoms with van der Waals surface area (Å²) in [5.74, 6) is -4.86. The highest BCUT2D eigenvalue weighted by atomic mass is 16.8. The van der Waals surface area contributed by atoms with E-state index in [4.69, 9.17) is 42.6 Å². The van der Waals surface area contributed by atoms with Crippen LogP contribution in [0, 0.1) is 0 Å². The number of hydrogen-bond donors (Lipinski definition) is 8. The fourth-order valence-corrected chi connectivity index (χ4v) is 5.49. The molecule has 9 atom stereocenters. The summed E-state index contributed by atoms with van der Waals surface area (Å²) >= 11 is 0. The lowest BCUT2D eigenvalue weighted by atomic mass is 9.98. The Balaban J connectivity index is 1.48. The Morgan fingerprint density at radius 3 is 1.66 bits per heavy atom. The topological polar surface area (TPSA) is 279 Å². The summed E-state index contributed by atoms with van der Waals surface area (Å²) in [5.41, 5.74) is 0.708. The molecule has 2 aliphatic rings. The molecule has 2 aliphatic heterocycles. The number of aromatic hydroxyl groups is 2. The zero-order chi connectivity index (χ0) is 39.0. The molecule has 0 radical (unpaired) electrons. The van der Waals surface area contributed by atoms with Crippen LogP contribution in [0.5, 0.6) is 34.5 Å². The first-order valence-electron chi connectivity index (χ1n) is 15.8. The van der Waals surface area contributed by atoms with E-state index in [2.05, 4.69) is 0 Å². The van der Waals surface area contributed by atoms with E-state index in [9.17, 15) is 50.4 Å². The molecule has 19 heteroatoms. The molecule has 2 aromatic rings. The van der Waals surface area contributed by atoms with Crippen LogP contribution in [0.15, 0.2) is 36.4 Å². The normalized spacial score (nSPS) is 28.6. The van der Waals surface area contributed by atoms with Crippen molar-refractivity contribution >= 4 is 24.1 Å². The third kappa shape index (κ3) is 9.10. The highest BCUT2D eigenvalue weighted by Crippen LogP contribution is 2.40. The van der Waals surface area contributed by atoms with Gasteiger partial charge in [0.25, 0.3) is 0 Å². The summed E-state index contributed by atoms with van der Waals surface area (Å²) in [6.45, 7) is -2.69. The Morgan fingerprint density at radius 1 is 0.717 bits per heavy atom. The molecule has 53 heavy (non-hydrogen) atoms. The van der Waals surface area contributed by atoms with E-state index in [-0.39, 0.29) is 34.5 Å². The number of phenolic OH excluding ortho intramolecular Hbond substituents is 2. The fourth-order valence-electron chi connectivity index (χ4n) is 5.49. The third-order valence-electron chi connectivity index (χ3n) is 8.32. The summed E-state index contributed by atoms with van der Waals surface area (Å²) in [6, 6.07) is 5.60. The fraction of sp³-hybridized carbons (Fsp3) is 0.471. The van der Waals surface area contributed by atoms with Gasteiger partial charge in [0.15, 0.2) is 35.4 Å². The van der Waals surface area contributed by atoms with E-state index in [1.54, 1.807) is 0 Å². The number of rotatable bonds is 15. The van der Waals surface area contributed by atoms with Crippen molar-refractivity contribution in [2.24, 2.45) is 0 Å². The lowest BCUT2D eigenvalue weighted by Crippen LogP contribution is -2.63. The van der Waals surface area contributed by atoms with Crippen LogP contribution in [0.1, 0.15) is 11.1 Å². The van der Waals surface area contributed by atoms with Gasteiger partial charge in [0.1, 0.15) is 49.8 Å². The number of benzene rings is 2. The number of aliphatic hydroxyl groups excluding tert-OH is 6. The van der Waals surface area contributed by atoms with Crippen molar-refractivity contribution in [1.82, 2.24) is 0 Å². The molecular formula is C34H42O19. The maximum Gasteiger partial charge on any atom is 0.331 e. The predicted molar refractivity (Wildman–Crippen MR) is 177 cm³/mol. The Hall–Kier alpha value is -4.70. The van der Waals surface area contributed by atoms with Crippen molar-refractivity contribution in [3.63, 3.8) is 0 Å². The number of ether oxygens (including phenoxy) is 9. The Morgan fingerprint density at radius 2 is 1.21 bits per heavy atom. The summed E-state index contributed by atoms with van der Waals surface area (Å²) in [5, 5.41) is 83.3.